The number of hydrogen-bond acceptors (Lipinski definition) is 4. The second-order valence-corrected chi connectivity index (χ2v) is 4.93. The molecule has 18 heavy (non-hydrogen) atoms. The average molecular weight is 267 g/mol. The molecule has 1 aliphatic heterocycles. The highest BCUT2D eigenvalue weighted by molar-refractivity contribution is 6.37. The summed E-state index contributed by atoms with van der Waals surface area (Å²) in [6.07, 6.45) is 5.55. The topological polar surface area (TPSA) is 54.0 Å². The van der Waals surface area contributed by atoms with E-state index in [2.05, 4.69) is 20.1 Å². The SMILES string of the molecule is CN(c1ncc2cn[nH]c2c1Cl)C1CCOCC1. The molecule has 1 N–H and O–H groups in total. The number of anilines is 1. The number of H-pyrrole nitrogens is 1. The van der Waals surface area contributed by atoms with Crippen molar-refractivity contribution in [2.45, 2.75) is 18.9 Å². The van der Waals surface area contributed by atoms with Gasteiger partial charge in [0.05, 0.1) is 11.7 Å². The predicted octanol–water partition coefficient (Wildman–Crippen LogP) is 2.23. The van der Waals surface area contributed by atoms with Crippen LogP contribution in [0.2, 0.25) is 5.02 Å². The Balaban J connectivity index is 1.94. The second-order valence-electron chi connectivity index (χ2n) is 4.55. The molecule has 0 saturated carbocycles. The number of ether oxygens (including phenoxy) is 1. The molecule has 0 bridgehead atoms. The fourth-order valence-electron chi connectivity index (χ4n) is 2.36. The van der Waals surface area contributed by atoms with Gasteiger partial charge in [0, 0.05) is 37.9 Å². The first kappa shape index (κ1) is 11.7. The van der Waals surface area contributed by atoms with Gasteiger partial charge < -0.3 is 9.64 Å². The van der Waals surface area contributed by atoms with Crippen molar-refractivity contribution in [2.75, 3.05) is 25.2 Å². The highest BCUT2D eigenvalue weighted by atomic mass is 35.5. The van der Waals surface area contributed by atoms with Crippen LogP contribution < -0.4 is 4.90 Å². The lowest BCUT2D eigenvalue weighted by Crippen LogP contribution is -2.37. The van der Waals surface area contributed by atoms with Crippen molar-refractivity contribution in [1.82, 2.24) is 15.2 Å². The van der Waals surface area contributed by atoms with Crippen LogP contribution in [0, 0.1) is 0 Å². The summed E-state index contributed by atoms with van der Waals surface area (Å²) in [7, 11) is 2.03. The Morgan fingerprint density at radius 3 is 2.94 bits per heavy atom. The highest BCUT2D eigenvalue weighted by Gasteiger charge is 2.22. The Morgan fingerprint density at radius 1 is 1.39 bits per heavy atom. The summed E-state index contributed by atoms with van der Waals surface area (Å²) >= 11 is 6.39. The number of hydrogen-bond donors (Lipinski definition) is 1. The third kappa shape index (κ3) is 1.93. The Bertz CT molecular complexity index is 550. The van der Waals surface area contributed by atoms with Gasteiger partial charge in [0.2, 0.25) is 0 Å². The van der Waals surface area contributed by atoms with Gasteiger partial charge in [-0.25, -0.2) is 4.98 Å². The number of nitrogens with one attached hydrogen (secondary N) is 1. The fraction of sp³-hybridized carbons (Fsp3) is 0.500. The largest absolute Gasteiger partial charge is 0.381 e. The molecule has 2 aromatic rings. The fourth-order valence-corrected chi connectivity index (χ4v) is 2.69. The molecule has 0 spiro atoms. The molecule has 0 atom stereocenters. The number of rotatable bonds is 2. The lowest BCUT2D eigenvalue weighted by Gasteiger charge is -2.32. The summed E-state index contributed by atoms with van der Waals surface area (Å²) in [5, 5.41) is 8.47. The van der Waals surface area contributed by atoms with E-state index in [4.69, 9.17) is 16.3 Å². The molecule has 0 aliphatic carbocycles. The van der Waals surface area contributed by atoms with Crippen molar-refractivity contribution in [2.24, 2.45) is 0 Å². The summed E-state index contributed by atoms with van der Waals surface area (Å²) in [5.74, 6) is 0.806. The van der Waals surface area contributed by atoms with Crippen molar-refractivity contribution in [3.05, 3.63) is 17.4 Å². The molecule has 2 aromatic heterocycles. The van der Waals surface area contributed by atoms with E-state index in [1.165, 1.54) is 0 Å². The first-order valence-corrected chi connectivity index (χ1v) is 6.43. The number of aromatic amines is 1. The van der Waals surface area contributed by atoms with Crippen LogP contribution in [0.1, 0.15) is 12.8 Å². The van der Waals surface area contributed by atoms with E-state index in [-0.39, 0.29) is 0 Å². The first-order chi connectivity index (χ1) is 8.77. The molecule has 0 aromatic carbocycles. The summed E-state index contributed by atoms with van der Waals surface area (Å²) in [4.78, 5) is 6.59. The molecule has 3 heterocycles. The third-order valence-corrected chi connectivity index (χ3v) is 3.84. The number of halogens is 1. The van der Waals surface area contributed by atoms with Crippen LogP contribution in [0.25, 0.3) is 10.9 Å². The monoisotopic (exact) mass is 266 g/mol. The second kappa shape index (κ2) is 4.74. The lowest BCUT2D eigenvalue weighted by molar-refractivity contribution is 0.0853. The van der Waals surface area contributed by atoms with Crippen molar-refractivity contribution in [3.8, 4) is 0 Å². The first-order valence-electron chi connectivity index (χ1n) is 6.05. The van der Waals surface area contributed by atoms with Crippen LogP contribution >= 0.6 is 11.6 Å². The zero-order valence-electron chi connectivity index (χ0n) is 10.2. The highest BCUT2D eigenvalue weighted by Crippen LogP contribution is 2.31. The van der Waals surface area contributed by atoms with E-state index in [0.29, 0.717) is 11.1 Å². The van der Waals surface area contributed by atoms with Gasteiger partial charge in [0.15, 0.2) is 0 Å². The minimum atomic E-state index is 0.434. The molecule has 6 heteroatoms. The van der Waals surface area contributed by atoms with E-state index in [1.54, 1.807) is 12.4 Å². The van der Waals surface area contributed by atoms with Crippen molar-refractivity contribution in [3.63, 3.8) is 0 Å². The zero-order valence-corrected chi connectivity index (χ0v) is 10.9. The maximum absolute atomic E-state index is 6.39. The van der Waals surface area contributed by atoms with Gasteiger partial charge in [-0.3, -0.25) is 5.10 Å². The van der Waals surface area contributed by atoms with Gasteiger partial charge in [-0.1, -0.05) is 11.6 Å². The Kier molecular flexibility index (Phi) is 3.09. The molecule has 0 amide bonds. The molecule has 5 nitrogen and oxygen atoms in total. The minimum Gasteiger partial charge on any atom is -0.381 e. The number of aromatic nitrogens is 3. The van der Waals surface area contributed by atoms with E-state index < -0.39 is 0 Å². The molecule has 96 valence electrons. The molecular weight excluding hydrogens is 252 g/mol. The van der Waals surface area contributed by atoms with Crippen molar-refractivity contribution < 1.29 is 4.74 Å². The van der Waals surface area contributed by atoms with Crippen LogP contribution in [0.15, 0.2) is 12.4 Å². The number of pyridine rings is 1. The van der Waals surface area contributed by atoms with Crippen molar-refractivity contribution in [1.29, 1.82) is 0 Å². The third-order valence-electron chi connectivity index (χ3n) is 3.48. The van der Waals surface area contributed by atoms with Crippen LogP contribution in [0.3, 0.4) is 0 Å². The van der Waals surface area contributed by atoms with Gasteiger partial charge in [0.25, 0.3) is 0 Å². The lowest BCUT2D eigenvalue weighted by atomic mass is 10.1. The van der Waals surface area contributed by atoms with Gasteiger partial charge in [-0.15, -0.1) is 0 Å². The zero-order chi connectivity index (χ0) is 12.5. The summed E-state index contributed by atoms with van der Waals surface area (Å²) in [6.45, 7) is 1.61. The average Bonchev–Trinajstić information content (AvgIpc) is 2.89. The van der Waals surface area contributed by atoms with Crippen LogP contribution in [-0.4, -0.2) is 41.5 Å². The molecular formula is C12H15ClN4O. The smallest absolute Gasteiger partial charge is 0.149 e. The maximum atomic E-state index is 6.39. The van der Waals surface area contributed by atoms with Crippen LogP contribution in [0.5, 0.6) is 0 Å². The Hall–Kier alpha value is -1.33. The molecule has 1 fully saturated rings. The summed E-state index contributed by atoms with van der Waals surface area (Å²) < 4.78 is 5.38. The number of nitrogens with zero attached hydrogens (tertiary/aromatic N) is 3. The Labute approximate surface area is 110 Å². The van der Waals surface area contributed by atoms with Crippen LogP contribution in [0.4, 0.5) is 5.82 Å². The van der Waals surface area contributed by atoms with Gasteiger partial charge >= 0.3 is 0 Å². The standard InChI is InChI=1S/C12H15ClN4O/c1-17(9-2-4-18-5-3-9)12-10(13)11-8(6-14-12)7-15-16-11/h6-7,9H,2-5H2,1H3,(H,15,16). The van der Waals surface area contributed by atoms with Crippen molar-refractivity contribution >= 4 is 28.3 Å². The van der Waals surface area contributed by atoms with E-state index in [0.717, 1.165) is 42.8 Å². The molecule has 0 unspecified atom stereocenters. The normalized spacial score (nSPS) is 17.2. The predicted molar refractivity (Wildman–Crippen MR) is 71.1 cm³/mol. The molecule has 3 rings (SSSR count). The Morgan fingerprint density at radius 2 is 2.17 bits per heavy atom. The number of fused-ring (bicyclic) bond motifs is 1. The molecule has 0 radical (unpaired) electrons. The van der Waals surface area contributed by atoms with Gasteiger partial charge in [-0.05, 0) is 12.8 Å². The molecule has 1 aliphatic rings. The van der Waals surface area contributed by atoms with E-state index in [1.807, 2.05) is 7.05 Å². The van der Waals surface area contributed by atoms with Gasteiger partial charge in [0.1, 0.15) is 10.8 Å². The van der Waals surface area contributed by atoms with E-state index in [9.17, 15) is 0 Å². The summed E-state index contributed by atoms with van der Waals surface area (Å²) in [6, 6.07) is 0.434. The minimum absolute atomic E-state index is 0.434. The maximum Gasteiger partial charge on any atom is 0.149 e. The van der Waals surface area contributed by atoms with Gasteiger partial charge in [-0.2, -0.15) is 5.10 Å². The quantitative estimate of drug-likeness (QED) is 0.906. The summed E-state index contributed by atoms with van der Waals surface area (Å²) in [5.41, 5.74) is 0.848. The van der Waals surface area contributed by atoms with Crippen LogP contribution in [-0.2, 0) is 4.74 Å². The molecule has 1 saturated heterocycles. The van der Waals surface area contributed by atoms with E-state index >= 15 is 0 Å².